The Bertz CT molecular complexity index is 1410. The summed E-state index contributed by atoms with van der Waals surface area (Å²) in [4.78, 5) is 23.4. The van der Waals surface area contributed by atoms with Crippen LogP contribution in [-0.2, 0) is 16.0 Å². The Labute approximate surface area is 236 Å². The summed E-state index contributed by atoms with van der Waals surface area (Å²) in [7, 11) is 0. The molecule has 3 heterocycles. The summed E-state index contributed by atoms with van der Waals surface area (Å²) >= 11 is 6.57. The van der Waals surface area contributed by atoms with Gasteiger partial charge in [0.25, 0.3) is 5.91 Å². The number of nitrogens with one attached hydrogen (secondary N) is 1. The van der Waals surface area contributed by atoms with Gasteiger partial charge in [-0.25, -0.2) is 9.97 Å². The van der Waals surface area contributed by atoms with Crippen LogP contribution >= 0.6 is 24.0 Å². The Kier molecular flexibility index (Phi) is 9.96. The van der Waals surface area contributed by atoms with Crippen LogP contribution in [0.5, 0.6) is 11.5 Å². The van der Waals surface area contributed by atoms with E-state index in [0.717, 1.165) is 16.7 Å². The number of aliphatic hydroxyl groups is 1. The number of morpholine rings is 1. The first kappa shape index (κ1) is 28.6. The molecule has 0 bridgehead atoms. The van der Waals surface area contributed by atoms with Gasteiger partial charge in [0.05, 0.1) is 43.6 Å². The van der Waals surface area contributed by atoms with Crippen molar-refractivity contribution in [2.75, 3.05) is 51.4 Å². The van der Waals surface area contributed by atoms with E-state index in [1.165, 1.54) is 6.33 Å². The number of aliphatic hydroxyl groups excluding tert-OH is 1. The molecule has 0 spiro atoms. The van der Waals surface area contributed by atoms with E-state index >= 15 is 0 Å². The third-order valence-corrected chi connectivity index (χ3v) is 6.36. The van der Waals surface area contributed by atoms with Crippen molar-refractivity contribution in [3.8, 4) is 11.5 Å². The number of ether oxygens (including phenoxy) is 3. The van der Waals surface area contributed by atoms with E-state index in [1.807, 2.05) is 22.9 Å². The lowest BCUT2D eigenvalue weighted by Gasteiger charge is -2.27. The normalized spacial score (nSPS) is 13.2. The van der Waals surface area contributed by atoms with E-state index in [-0.39, 0.29) is 24.9 Å². The maximum atomic E-state index is 12.8. The van der Waals surface area contributed by atoms with E-state index in [2.05, 4.69) is 15.3 Å². The molecular weight excluding hydrogens is 545 g/mol. The second-order valence-electron chi connectivity index (χ2n) is 8.61. The first-order valence-electron chi connectivity index (χ1n) is 12.3. The first-order chi connectivity index (χ1) is 18.6. The molecule has 206 valence electrons. The van der Waals surface area contributed by atoms with Crippen molar-refractivity contribution in [2.24, 2.45) is 0 Å². The van der Waals surface area contributed by atoms with Crippen LogP contribution in [0.2, 0.25) is 5.02 Å². The van der Waals surface area contributed by atoms with Gasteiger partial charge in [0.15, 0.2) is 5.82 Å². The van der Waals surface area contributed by atoms with E-state index in [0.29, 0.717) is 74.0 Å². The number of fused-ring (bicyclic) bond motifs is 1. The second-order valence-corrected chi connectivity index (χ2v) is 9.01. The molecule has 12 heteroatoms. The molecule has 1 saturated heterocycles. The maximum Gasteiger partial charge on any atom is 0.254 e. The number of carbonyl (C=O) groups is 1. The molecule has 2 aromatic carbocycles. The number of rotatable bonds is 10. The third-order valence-electron chi connectivity index (χ3n) is 6.06. The molecule has 39 heavy (non-hydrogen) atoms. The molecule has 0 atom stereocenters. The quantitative estimate of drug-likeness (QED) is 0.266. The lowest BCUT2D eigenvalue weighted by molar-refractivity contribution is 0.0302. The summed E-state index contributed by atoms with van der Waals surface area (Å²) in [5.41, 5.74) is 2.90. The van der Waals surface area contributed by atoms with Gasteiger partial charge in [-0.2, -0.15) is 0 Å². The summed E-state index contributed by atoms with van der Waals surface area (Å²) < 4.78 is 18.8. The smallest absolute Gasteiger partial charge is 0.254 e. The van der Waals surface area contributed by atoms with Crippen LogP contribution in [0, 0.1) is 0 Å². The average molecular weight is 574 g/mol. The monoisotopic (exact) mass is 573 g/mol. The summed E-state index contributed by atoms with van der Waals surface area (Å²) in [5, 5.41) is 12.6. The van der Waals surface area contributed by atoms with Gasteiger partial charge in [0.2, 0.25) is 0 Å². The number of aromatic nitrogens is 3. The molecule has 2 N–H and O–H groups in total. The van der Waals surface area contributed by atoms with Crippen molar-refractivity contribution >= 4 is 52.5 Å². The van der Waals surface area contributed by atoms with E-state index < -0.39 is 0 Å². The van der Waals surface area contributed by atoms with Crippen LogP contribution < -0.4 is 10.1 Å². The Balaban J connectivity index is 0.00000353. The molecule has 4 aromatic rings. The molecule has 0 unspecified atom stereocenters. The summed E-state index contributed by atoms with van der Waals surface area (Å²) in [5.74, 6) is 1.56. The zero-order valence-electron chi connectivity index (χ0n) is 21.1. The Morgan fingerprint density at radius 3 is 2.74 bits per heavy atom. The minimum atomic E-state index is -0.0507. The molecule has 0 aliphatic carbocycles. The molecule has 5 rings (SSSR count). The number of anilines is 2. The zero-order chi connectivity index (χ0) is 26.3. The fourth-order valence-electron chi connectivity index (χ4n) is 4.21. The van der Waals surface area contributed by atoms with Crippen LogP contribution in [0.1, 0.15) is 10.4 Å². The van der Waals surface area contributed by atoms with Gasteiger partial charge in [-0.15, -0.1) is 12.4 Å². The topological polar surface area (TPSA) is 111 Å². The van der Waals surface area contributed by atoms with E-state index in [4.69, 9.17) is 30.9 Å². The number of nitrogens with zero attached hydrogens (tertiary/aromatic N) is 4. The van der Waals surface area contributed by atoms with Gasteiger partial charge in [-0.3, -0.25) is 4.79 Å². The fourth-order valence-corrected chi connectivity index (χ4v) is 4.43. The summed E-state index contributed by atoms with van der Waals surface area (Å²) in [6, 6.07) is 14.3. The molecule has 2 aromatic heterocycles. The van der Waals surface area contributed by atoms with Gasteiger partial charge >= 0.3 is 0 Å². The van der Waals surface area contributed by atoms with Crippen molar-refractivity contribution in [3.63, 3.8) is 0 Å². The molecule has 0 saturated carbocycles. The van der Waals surface area contributed by atoms with Crippen molar-refractivity contribution in [1.82, 2.24) is 19.4 Å². The van der Waals surface area contributed by atoms with Gasteiger partial charge < -0.3 is 34.1 Å². The number of carbonyl (C=O) groups excluding carboxylic acids is 1. The number of hydrogen-bond donors (Lipinski definition) is 2. The number of benzene rings is 2. The predicted octanol–water partition coefficient (Wildman–Crippen LogP) is 4.52. The second kappa shape index (κ2) is 13.6. The van der Waals surface area contributed by atoms with Crippen molar-refractivity contribution in [3.05, 3.63) is 71.6 Å². The highest BCUT2D eigenvalue weighted by atomic mass is 35.5. The highest BCUT2D eigenvalue weighted by Gasteiger charge is 2.19. The highest BCUT2D eigenvalue weighted by molar-refractivity contribution is 6.32. The Hall–Kier alpha value is -3.41. The van der Waals surface area contributed by atoms with Crippen molar-refractivity contribution < 1.29 is 24.1 Å². The van der Waals surface area contributed by atoms with Gasteiger partial charge in [-0.05, 0) is 42.5 Å². The number of hydrogen-bond acceptors (Lipinski definition) is 8. The summed E-state index contributed by atoms with van der Waals surface area (Å²) in [6.07, 6.45) is 3.43. The van der Waals surface area contributed by atoms with E-state index in [9.17, 15) is 4.79 Å². The number of halogens is 2. The van der Waals surface area contributed by atoms with Gasteiger partial charge in [-0.1, -0.05) is 17.7 Å². The number of amides is 1. The predicted molar refractivity (Wildman–Crippen MR) is 151 cm³/mol. The van der Waals surface area contributed by atoms with Crippen LogP contribution in [0.3, 0.4) is 0 Å². The van der Waals surface area contributed by atoms with Crippen molar-refractivity contribution in [2.45, 2.75) is 6.54 Å². The van der Waals surface area contributed by atoms with Gasteiger partial charge in [0.1, 0.15) is 23.3 Å². The average Bonchev–Trinajstić information content (AvgIpc) is 3.37. The first-order valence-corrected chi connectivity index (χ1v) is 12.7. The van der Waals surface area contributed by atoms with Crippen LogP contribution in [0.4, 0.5) is 11.5 Å². The molecule has 0 radical (unpaired) electrons. The molecule has 1 aliphatic heterocycles. The highest BCUT2D eigenvalue weighted by Crippen LogP contribution is 2.34. The summed E-state index contributed by atoms with van der Waals surface area (Å²) in [6.45, 7) is 3.56. The molecule has 1 aliphatic rings. The minimum Gasteiger partial charge on any atom is -0.456 e. The largest absolute Gasteiger partial charge is 0.456 e. The third kappa shape index (κ3) is 6.97. The molecule has 1 amide bonds. The fraction of sp³-hybridized carbons (Fsp3) is 0.296. The maximum absolute atomic E-state index is 12.8. The van der Waals surface area contributed by atoms with E-state index in [1.54, 1.807) is 41.3 Å². The lowest BCUT2D eigenvalue weighted by Crippen LogP contribution is -2.40. The zero-order valence-corrected chi connectivity index (χ0v) is 22.7. The standard InChI is InChI=1S/C27H28ClN5O5.ClH/c28-22-17-20(31-26-25-23(29-18-30-26)6-7-32(25)8-12-37-15-11-34)4-5-24(22)38-21-3-1-2-19(16-21)27(35)33-9-13-36-14-10-33;/h1-7,16-18,34H,8-15H2,(H,29,30,31);1H. The molecular formula is C27H29Cl2N5O5. The van der Waals surface area contributed by atoms with Crippen LogP contribution in [0.15, 0.2) is 61.1 Å². The SMILES string of the molecule is Cl.O=C(c1cccc(Oc2ccc(Nc3ncnc4ccn(CCOCCO)c34)cc2Cl)c1)N1CCOCC1. The van der Waals surface area contributed by atoms with Crippen molar-refractivity contribution in [1.29, 1.82) is 0 Å². The lowest BCUT2D eigenvalue weighted by atomic mass is 10.2. The van der Waals surface area contributed by atoms with Crippen LogP contribution in [-0.4, -0.2) is 76.6 Å². The van der Waals surface area contributed by atoms with Crippen LogP contribution in [0.25, 0.3) is 11.0 Å². The molecule has 1 fully saturated rings. The minimum absolute atomic E-state index is 0. The Morgan fingerprint density at radius 1 is 1.10 bits per heavy atom. The Morgan fingerprint density at radius 2 is 1.95 bits per heavy atom. The van der Waals surface area contributed by atoms with Gasteiger partial charge in [0, 0.05) is 37.1 Å². The molecule has 10 nitrogen and oxygen atoms in total.